The van der Waals surface area contributed by atoms with Gasteiger partial charge in [-0.2, -0.15) is 0 Å². The van der Waals surface area contributed by atoms with Crippen molar-refractivity contribution in [2.75, 3.05) is 13.7 Å². The van der Waals surface area contributed by atoms with Crippen LogP contribution in [0.15, 0.2) is 48.3 Å². The molecule has 34 heavy (non-hydrogen) atoms. The number of aromatic nitrogens is 2. The number of halogens is 2. The van der Waals surface area contributed by atoms with Crippen LogP contribution in [-0.2, 0) is 10.2 Å². The molecule has 4 rings (SSSR count). The van der Waals surface area contributed by atoms with Crippen molar-refractivity contribution in [2.45, 2.75) is 51.2 Å². The molecule has 0 radical (unpaired) electrons. The van der Waals surface area contributed by atoms with Crippen LogP contribution in [0.2, 0.25) is 0 Å². The van der Waals surface area contributed by atoms with Crippen LogP contribution in [0.25, 0.3) is 10.9 Å². The lowest BCUT2D eigenvalue weighted by Gasteiger charge is -2.30. The highest BCUT2D eigenvalue weighted by atomic mass is 32.2. The third-order valence-corrected chi connectivity index (χ3v) is 7.64. The van der Waals surface area contributed by atoms with Gasteiger partial charge < -0.3 is 10.5 Å². The summed E-state index contributed by atoms with van der Waals surface area (Å²) >= 11 is 1.48. The third kappa shape index (κ3) is 5.41. The van der Waals surface area contributed by atoms with E-state index in [1.165, 1.54) is 28.8 Å². The lowest BCUT2D eigenvalue weighted by atomic mass is 9.78. The first-order chi connectivity index (χ1) is 15.9. The first kappa shape index (κ1) is 26.1. The number of benzene rings is 1. The highest BCUT2D eigenvalue weighted by Gasteiger charge is 2.62. The highest BCUT2D eigenvalue weighted by Crippen LogP contribution is 2.63. The van der Waals surface area contributed by atoms with Gasteiger partial charge in [0, 0.05) is 29.6 Å². The molecule has 0 bridgehead atoms. The van der Waals surface area contributed by atoms with Gasteiger partial charge in [-0.25, -0.2) is 8.78 Å². The first-order valence-electron chi connectivity index (χ1n) is 11.2. The molecule has 0 spiro atoms. The number of hydrogen-bond donors (Lipinski definition) is 1. The number of ether oxygens (including phenoxy) is 1. The van der Waals surface area contributed by atoms with Crippen molar-refractivity contribution in [1.29, 1.82) is 0 Å². The Balaban J connectivity index is 0.000000226. The number of aryl methyl sites for hydroxylation is 3. The van der Waals surface area contributed by atoms with Gasteiger partial charge in [0.2, 0.25) is 0 Å². The zero-order valence-electron chi connectivity index (χ0n) is 20.7. The van der Waals surface area contributed by atoms with Crippen molar-refractivity contribution in [3.8, 4) is 0 Å². The summed E-state index contributed by atoms with van der Waals surface area (Å²) in [7, 11) is 1.64. The fourth-order valence-corrected chi connectivity index (χ4v) is 6.09. The zero-order valence-corrected chi connectivity index (χ0v) is 21.5. The predicted octanol–water partition coefficient (Wildman–Crippen LogP) is 6.37. The summed E-state index contributed by atoms with van der Waals surface area (Å²) in [6.07, 6.45) is 4.53. The number of methoxy groups -OCH3 is 1. The summed E-state index contributed by atoms with van der Waals surface area (Å²) in [5, 5.41) is 1.69. The third-order valence-electron chi connectivity index (χ3n) is 6.40. The van der Waals surface area contributed by atoms with Crippen LogP contribution in [0, 0.1) is 38.3 Å². The van der Waals surface area contributed by atoms with E-state index in [0.29, 0.717) is 17.2 Å². The summed E-state index contributed by atoms with van der Waals surface area (Å²) in [6.45, 7) is 14.0. The van der Waals surface area contributed by atoms with E-state index in [1.807, 2.05) is 46.2 Å². The largest absolute Gasteiger partial charge is 0.394 e. The molecule has 0 aliphatic heterocycles. The molecule has 2 N–H and O–H groups in total. The fraction of sp³-hybridized carbons (Fsp3) is 0.407. The maximum atomic E-state index is 14.3. The van der Waals surface area contributed by atoms with Gasteiger partial charge in [-0.1, -0.05) is 26.5 Å². The van der Waals surface area contributed by atoms with Crippen LogP contribution in [0.5, 0.6) is 0 Å². The van der Waals surface area contributed by atoms with Gasteiger partial charge in [0.25, 0.3) is 0 Å². The Kier molecular flexibility index (Phi) is 7.68. The zero-order chi connectivity index (χ0) is 25.3. The average molecular weight is 486 g/mol. The van der Waals surface area contributed by atoms with Gasteiger partial charge in [0.05, 0.1) is 22.8 Å². The second-order valence-electron chi connectivity index (χ2n) is 9.63. The van der Waals surface area contributed by atoms with Crippen LogP contribution in [0.1, 0.15) is 42.7 Å². The molecule has 1 aliphatic rings. The van der Waals surface area contributed by atoms with Crippen molar-refractivity contribution in [3.05, 3.63) is 82.3 Å². The molecular weight excluding hydrogens is 452 g/mol. The summed E-state index contributed by atoms with van der Waals surface area (Å²) in [6, 6.07) is 7.07. The number of nitrogens with two attached hydrogens (primary N) is 1. The van der Waals surface area contributed by atoms with E-state index >= 15 is 0 Å². The Hall–Kier alpha value is -2.51. The van der Waals surface area contributed by atoms with Crippen LogP contribution >= 0.6 is 11.8 Å². The first-order valence-corrected chi connectivity index (χ1v) is 12.0. The smallest absolute Gasteiger partial charge is 0.162 e. The number of thioether (sulfide) groups is 1. The van der Waals surface area contributed by atoms with Gasteiger partial charge in [-0.15, -0.1) is 11.8 Å². The minimum absolute atomic E-state index is 0.140. The second-order valence-corrected chi connectivity index (χ2v) is 11.2. The van der Waals surface area contributed by atoms with Crippen LogP contribution in [0.3, 0.4) is 0 Å². The normalized spacial score (nSPS) is 19.5. The number of nitrogens with zero attached hydrogens (tertiary/aromatic N) is 2. The Morgan fingerprint density at radius 2 is 1.91 bits per heavy atom. The number of pyridine rings is 2. The van der Waals surface area contributed by atoms with Crippen LogP contribution in [0.4, 0.5) is 8.78 Å². The maximum Gasteiger partial charge on any atom is 0.162 e. The van der Waals surface area contributed by atoms with E-state index in [1.54, 1.807) is 20.1 Å². The maximum absolute atomic E-state index is 14.3. The average Bonchev–Trinajstić information content (AvgIpc) is 3.45. The summed E-state index contributed by atoms with van der Waals surface area (Å²) in [5.41, 5.74) is 9.55. The molecule has 3 aromatic rings. The lowest BCUT2D eigenvalue weighted by Crippen LogP contribution is -2.30. The van der Waals surface area contributed by atoms with Crippen molar-refractivity contribution in [2.24, 2.45) is 11.7 Å². The van der Waals surface area contributed by atoms with E-state index in [-0.39, 0.29) is 10.7 Å². The standard InChI is InChI=1S/C17H23F2NOS.C10H10N2/c1-10-6-12(15(19)13(18)7-10)16(3,4)14-8-17(14,9-21-5)22-11(2)20;1-7-5-9-3-4-11-8(2)10(9)12-6-7/h6-7,14H,2,8-9,20H2,1,3-5H3;3-6H,1-2H3/t14?,17-;/m1./s1. The minimum Gasteiger partial charge on any atom is -0.394 e. The number of hydrogen-bond acceptors (Lipinski definition) is 5. The summed E-state index contributed by atoms with van der Waals surface area (Å²) < 4.78 is 33.2. The Bertz CT molecular complexity index is 1210. The molecule has 7 heteroatoms. The lowest BCUT2D eigenvalue weighted by molar-refractivity contribution is 0.185. The van der Waals surface area contributed by atoms with Gasteiger partial charge in [0.1, 0.15) is 0 Å². The van der Waals surface area contributed by atoms with E-state index < -0.39 is 17.0 Å². The van der Waals surface area contributed by atoms with Crippen LogP contribution in [-0.4, -0.2) is 28.4 Å². The predicted molar refractivity (Wildman–Crippen MR) is 137 cm³/mol. The van der Waals surface area contributed by atoms with Crippen LogP contribution < -0.4 is 5.73 Å². The monoisotopic (exact) mass is 485 g/mol. The quantitative estimate of drug-likeness (QED) is 0.440. The minimum atomic E-state index is -0.794. The molecular formula is C27H33F2N3OS. The van der Waals surface area contributed by atoms with Gasteiger partial charge >= 0.3 is 0 Å². The topological polar surface area (TPSA) is 61.0 Å². The molecule has 0 saturated heterocycles. The molecule has 2 atom stereocenters. The van der Waals surface area contributed by atoms with Gasteiger partial charge in [0.15, 0.2) is 11.6 Å². The van der Waals surface area contributed by atoms with Gasteiger partial charge in [-0.3, -0.25) is 9.97 Å². The second kappa shape index (κ2) is 10.0. The Morgan fingerprint density at radius 3 is 2.56 bits per heavy atom. The molecule has 0 amide bonds. The van der Waals surface area contributed by atoms with E-state index in [4.69, 9.17) is 10.5 Å². The number of rotatable bonds is 6. The summed E-state index contributed by atoms with van der Waals surface area (Å²) in [5.74, 6) is -1.41. The molecule has 1 aliphatic carbocycles. The highest BCUT2D eigenvalue weighted by molar-refractivity contribution is 8.04. The Labute approximate surface area is 205 Å². The molecule has 2 heterocycles. The molecule has 1 unspecified atom stereocenters. The van der Waals surface area contributed by atoms with Gasteiger partial charge in [-0.05, 0) is 73.4 Å². The van der Waals surface area contributed by atoms with Crippen molar-refractivity contribution >= 4 is 22.7 Å². The Morgan fingerprint density at radius 1 is 1.21 bits per heavy atom. The SMILES string of the molecule is C=C(N)S[C@@]1(COC)CC1C(C)(C)c1cc(C)cc(F)c1F.Cc1cnc2c(C)nccc2c1. The molecule has 1 fully saturated rings. The van der Waals surface area contributed by atoms with Crippen molar-refractivity contribution < 1.29 is 13.5 Å². The van der Waals surface area contributed by atoms with Crippen molar-refractivity contribution in [1.82, 2.24) is 9.97 Å². The molecule has 1 saturated carbocycles. The van der Waals surface area contributed by atoms with Crippen molar-refractivity contribution in [3.63, 3.8) is 0 Å². The molecule has 2 aromatic heterocycles. The molecule has 182 valence electrons. The summed E-state index contributed by atoms with van der Waals surface area (Å²) in [4.78, 5) is 8.49. The molecule has 1 aromatic carbocycles. The van der Waals surface area contributed by atoms with E-state index in [2.05, 4.69) is 22.6 Å². The molecule has 4 nitrogen and oxygen atoms in total. The van der Waals surface area contributed by atoms with E-state index in [0.717, 1.165) is 23.2 Å². The number of fused-ring (bicyclic) bond motifs is 1. The fourth-order valence-electron chi connectivity index (χ4n) is 4.70. The van der Waals surface area contributed by atoms with E-state index in [9.17, 15) is 8.78 Å².